The fraction of sp³-hybridized carbons (Fsp3) is 0.520. The van der Waals surface area contributed by atoms with E-state index in [1.807, 2.05) is 4.90 Å². The number of aromatic nitrogens is 1. The van der Waals surface area contributed by atoms with Crippen molar-refractivity contribution < 1.29 is 0 Å². The number of fused-ring (bicyclic) bond motifs is 1. The maximum absolute atomic E-state index is 9.54. The van der Waals surface area contributed by atoms with Crippen LogP contribution in [0.25, 0.3) is 0 Å². The molecule has 6 heteroatoms. The van der Waals surface area contributed by atoms with Gasteiger partial charge in [-0.3, -0.25) is 0 Å². The molecule has 2 aliphatic rings. The Bertz CT molecular complexity index is 912. The van der Waals surface area contributed by atoms with Gasteiger partial charge in [-0.05, 0) is 50.9 Å². The fourth-order valence-corrected chi connectivity index (χ4v) is 4.67. The maximum Gasteiger partial charge on any atom is 0.179 e. The Balaban J connectivity index is 1.77. The number of likely N-dealkylation sites (N-methyl/N-ethyl adjacent to an activating group) is 1. The highest BCUT2D eigenvalue weighted by atomic mass is 15.2. The van der Waals surface area contributed by atoms with Gasteiger partial charge in [-0.25, -0.2) is 4.98 Å². The van der Waals surface area contributed by atoms with E-state index in [4.69, 9.17) is 4.98 Å². The van der Waals surface area contributed by atoms with E-state index >= 15 is 0 Å². The van der Waals surface area contributed by atoms with Gasteiger partial charge in [-0.1, -0.05) is 30.3 Å². The van der Waals surface area contributed by atoms with Gasteiger partial charge < -0.3 is 20.0 Å². The van der Waals surface area contributed by atoms with Crippen molar-refractivity contribution in [1.82, 2.24) is 14.8 Å². The van der Waals surface area contributed by atoms with Crippen molar-refractivity contribution in [3.05, 3.63) is 52.6 Å². The van der Waals surface area contributed by atoms with Gasteiger partial charge in [0.15, 0.2) is 6.19 Å². The first-order chi connectivity index (χ1) is 15.2. The average molecular weight is 419 g/mol. The van der Waals surface area contributed by atoms with Gasteiger partial charge in [0, 0.05) is 50.3 Å². The summed E-state index contributed by atoms with van der Waals surface area (Å²) in [5.74, 6) is 2.12. The van der Waals surface area contributed by atoms with Gasteiger partial charge in [-0.2, -0.15) is 5.26 Å². The van der Waals surface area contributed by atoms with E-state index in [1.54, 1.807) is 0 Å². The average Bonchev–Trinajstić information content (AvgIpc) is 2.81. The molecule has 0 amide bonds. The molecule has 6 nitrogen and oxygen atoms in total. The van der Waals surface area contributed by atoms with Gasteiger partial charge in [0.25, 0.3) is 0 Å². The SMILES string of the molecule is CN(C)CCNc1nc(N2CCCCC2)c(Cc2ccccc2)c2c1CN(C#N)CC2. The largest absolute Gasteiger partial charge is 0.368 e. The van der Waals surface area contributed by atoms with Crippen molar-refractivity contribution >= 4 is 11.6 Å². The number of hydrogen-bond donors (Lipinski definition) is 1. The van der Waals surface area contributed by atoms with Gasteiger partial charge in [0.1, 0.15) is 11.6 Å². The van der Waals surface area contributed by atoms with Crippen LogP contribution in [0.4, 0.5) is 11.6 Å². The molecule has 1 aromatic carbocycles. The van der Waals surface area contributed by atoms with Gasteiger partial charge in [0.05, 0.1) is 6.54 Å². The van der Waals surface area contributed by atoms with E-state index in [1.165, 1.54) is 41.5 Å². The number of hydrogen-bond acceptors (Lipinski definition) is 6. The summed E-state index contributed by atoms with van der Waals surface area (Å²) in [5, 5.41) is 13.1. The topological polar surface area (TPSA) is 58.4 Å². The standard InChI is InChI=1S/C25H34N6/c1-29(2)16-12-27-24-23-18-30(19-26)15-11-21(23)22(17-20-9-5-3-6-10-20)25(28-24)31-13-7-4-8-14-31/h3,5-6,9-10H,4,7-8,11-18H2,1-2H3,(H,27,28). The van der Waals surface area contributed by atoms with Crippen molar-refractivity contribution in [2.75, 3.05) is 57.0 Å². The Labute approximate surface area is 186 Å². The van der Waals surface area contributed by atoms with Crippen molar-refractivity contribution in [3.63, 3.8) is 0 Å². The lowest BCUT2D eigenvalue weighted by molar-refractivity contribution is 0.367. The molecule has 1 fully saturated rings. The molecule has 3 heterocycles. The fourth-order valence-electron chi connectivity index (χ4n) is 4.67. The maximum atomic E-state index is 9.54. The Kier molecular flexibility index (Phi) is 6.93. The highest BCUT2D eigenvalue weighted by Crippen LogP contribution is 2.36. The van der Waals surface area contributed by atoms with E-state index in [0.29, 0.717) is 6.54 Å². The normalized spacial score (nSPS) is 16.2. The van der Waals surface area contributed by atoms with Crippen LogP contribution in [0.5, 0.6) is 0 Å². The van der Waals surface area contributed by atoms with Crippen molar-refractivity contribution in [2.45, 2.75) is 38.6 Å². The van der Waals surface area contributed by atoms with E-state index in [2.05, 4.69) is 65.7 Å². The van der Waals surface area contributed by atoms with Crippen LogP contribution < -0.4 is 10.2 Å². The molecule has 2 aliphatic heterocycles. The highest BCUT2D eigenvalue weighted by Gasteiger charge is 2.27. The number of piperidine rings is 1. The van der Waals surface area contributed by atoms with Crippen LogP contribution in [0.2, 0.25) is 0 Å². The van der Waals surface area contributed by atoms with Crippen molar-refractivity contribution in [2.24, 2.45) is 0 Å². The van der Waals surface area contributed by atoms with E-state index in [0.717, 1.165) is 57.2 Å². The molecule has 2 aromatic rings. The smallest absolute Gasteiger partial charge is 0.179 e. The number of nitrogens with zero attached hydrogens (tertiary/aromatic N) is 5. The number of nitrogens with one attached hydrogen (secondary N) is 1. The van der Waals surface area contributed by atoms with Crippen LogP contribution in [0.15, 0.2) is 30.3 Å². The summed E-state index contributed by atoms with van der Waals surface area (Å²) in [6.45, 7) is 5.38. The Morgan fingerprint density at radius 2 is 1.84 bits per heavy atom. The Hall–Kier alpha value is -2.78. The molecule has 0 spiro atoms. The molecule has 0 radical (unpaired) electrons. The summed E-state index contributed by atoms with van der Waals surface area (Å²) in [7, 11) is 4.17. The quantitative estimate of drug-likeness (QED) is 0.695. The number of anilines is 2. The molecule has 0 bridgehead atoms. The van der Waals surface area contributed by atoms with Crippen LogP contribution in [0.3, 0.4) is 0 Å². The van der Waals surface area contributed by atoms with Crippen LogP contribution in [0.1, 0.15) is 41.5 Å². The predicted molar refractivity (Wildman–Crippen MR) is 126 cm³/mol. The Morgan fingerprint density at radius 3 is 2.55 bits per heavy atom. The highest BCUT2D eigenvalue weighted by molar-refractivity contribution is 5.64. The summed E-state index contributed by atoms with van der Waals surface area (Å²) in [6, 6.07) is 10.7. The zero-order valence-electron chi connectivity index (χ0n) is 18.9. The minimum atomic E-state index is 0.644. The zero-order chi connectivity index (χ0) is 21.6. The third-order valence-corrected chi connectivity index (χ3v) is 6.35. The van der Waals surface area contributed by atoms with Gasteiger partial charge in [0.2, 0.25) is 0 Å². The number of pyridine rings is 1. The summed E-state index contributed by atoms with van der Waals surface area (Å²) < 4.78 is 0. The lowest BCUT2D eigenvalue weighted by Gasteiger charge is -2.34. The monoisotopic (exact) mass is 418 g/mol. The van der Waals surface area contributed by atoms with Crippen LogP contribution in [0, 0.1) is 11.5 Å². The second-order valence-electron chi connectivity index (χ2n) is 8.93. The first-order valence-electron chi connectivity index (χ1n) is 11.5. The molecular weight excluding hydrogens is 384 g/mol. The summed E-state index contributed by atoms with van der Waals surface area (Å²) in [5.41, 5.74) is 5.29. The van der Waals surface area contributed by atoms with Gasteiger partial charge in [-0.15, -0.1) is 0 Å². The predicted octanol–water partition coefficient (Wildman–Crippen LogP) is 3.48. The lowest BCUT2D eigenvalue weighted by Crippen LogP contribution is -2.34. The third kappa shape index (κ3) is 5.11. The molecule has 4 rings (SSSR count). The molecule has 0 aliphatic carbocycles. The number of rotatable bonds is 7. The van der Waals surface area contributed by atoms with E-state index < -0.39 is 0 Å². The zero-order valence-corrected chi connectivity index (χ0v) is 18.9. The molecule has 1 N–H and O–H groups in total. The van der Waals surface area contributed by atoms with E-state index in [9.17, 15) is 5.26 Å². The molecule has 0 saturated carbocycles. The summed E-state index contributed by atoms with van der Waals surface area (Å²) in [4.78, 5) is 11.8. The van der Waals surface area contributed by atoms with Crippen molar-refractivity contribution in [1.29, 1.82) is 5.26 Å². The van der Waals surface area contributed by atoms with E-state index in [-0.39, 0.29) is 0 Å². The summed E-state index contributed by atoms with van der Waals surface area (Å²) >= 11 is 0. The number of nitriles is 1. The van der Waals surface area contributed by atoms with Crippen LogP contribution >= 0.6 is 0 Å². The first-order valence-corrected chi connectivity index (χ1v) is 11.5. The second kappa shape index (κ2) is 10.0. The van der Waals surface area contributed by atoms with Crippen LogP contribution in [-0.2, 0) is 19.4 Å². The molecule has 0 unspecified atom stereocenters. The first kappa shape index (κ1) is 21.5. The lowest BCUT2D eigenvalue weighted by atomic mass is 9.91. The molecule has 1 saturated heterocycles. The molecular formula is C25H34N6. The third-order valence-electron chi connectivity index (χ3n) is 6.35. The molecule has 31 heavy (non-hydrogen) atoms. The molecule has 164 valence electrons. The molecule has 1 aromatic heterocycles. The van der Waals surface area contributed by atoms with Gasteiger partial charge >= 0.3 is 0 Å². The number of benzene rings is 1. The van der Waals surface area contributed by atoms with Crippen molar-refractivity contribution in [3.8, 4) is 6.19 Å². The minimum Gasteiger partial charge on any atom is -0.368 e. The second-order valence-corrected chi connectivity index (χ2v) is 8.93. The minimum absolute atomic E-state index is 0.644. The molecule has 0 atom stereocenters. The summed E-state index contributed by atoms with van der Waals surface area (Å²) in [6.07, 6.45) is 7.92. The Morgan fingerprint density at radius 1 is 1.06 bits per heavy atom. The van der Waals surface area contributed by atoms with Crippen LogP contribution in [-0.4, -0.2) is 61.6 Å².